The predicted molar refractivity (Wildman–Crippen MR) is 112 cm³/mol. The summed E-state index contributed by atoms with van der Waals surface area (Å²) < 4.78 is 1.47. The van der Waals surface area contributed by atoms with E-state index in [1.807, 2.05) is 38.1 Å². The molecule has 142 valence electrons. The first-order valence-electron chi connectivity index (χ1n) is 8.90. The summed E-state index contributed by atoms with van der Waals surface area (Å²) in [5.41, 5.74) is 3.53. The van der Waals surface area contributed by atoms with Crippen molar-refractivity contribution in [3.8, 4) is 11.9 Å². The fourth-order valence-corrected chi connectivity index (χ4v) is 3.38. The molecule has 1 N–H and O–H groups in total. The normalized spacial score (nSPS) is 10.7. The first-order valence-corrected chi connectivity index (χ1v) is 9.28. The number of nitrogens with zero attached hydrogens (tertiary/aromatic N) is 4. The van der Waals surface area contributed by atoms with Crippen molar-refractivity contribution in [1.29, 1.82) is 5.26 Å². The molecule has 4 rings (SSSR count). The van der Waals surface area contributed by atoms with Crippen molar-refractivity contribution < 1.29 is 4.79 Å². The molecule has 29 heavy (non-hydrogen) atoms. The standard InChI is InChI=1S/C22H16ClN5O/c1-13-5-3-8-18-14(2)9-19(26-20(13)18)28-21(16(11-24)12-25-28)27-22(29)15-6-4-7-17(23)10-15/h3-10,12H,1-2H3,(H,27,29). The topological polar surface area (TPSA) is 83.6 Å². The summed E-state index contributed by atoms with van der Waals surface area (Å²) in [4.78, 5) is 17.4. The van der Waals surface area contributed by atoms with Crippen LogP contribution in [0, 0.1) is 25.2 Å². The molecule has 0 aliphatic rings. The third-order valence-electron chi connectivity index (χ3n) is 4.66. The Labute approximate surface area is 172 Å². The van der Waals surface area contributed by atoms with E-state index in [-0.39, 0.29) is 17.3 Å². The Kier molecular flexibility index (Phi) is 4.75. The van der Waals surface area contributed by atoms with Gasteiger partial charge in [0.25, 0.3) is 5.91 Å². The van der Waals surface area contributed by atoms with E-state index in [9.17, 15) is 10.1 Å². The van der Waals surface area contributed by atoms with Crippen molar-refractivity contribution in [2.75, 3.05) is 5.32 Å². The number of nitriles is 1. The van der Waals surface area contributed by atoms with E-state index in [0.717, 1.165) is 22.0 Å². The zero-order valence-electron chi connectivity index (χ0n) is 15.8. The Morgan fingerprint density at radius 3 is 2.69 bits per heavy atom. The van der Waals surface area contributed by atoms with Gasteiger partial charge in [-0.25, -0.2) is 4.98 Å². The summed E-state index contributed by atoms with van der Waals surface area (Å²) in [5.74, 6) is 0.393. The van der Waals surface area contributed by atoms with E-state index in [0.29, 0.717) is 16.4 Å². The Balaban J connectivity index is 1.82. The molecule has 0 saturated heterocycles. The van der Waals surface area contributed by atoms with E-state index in [4.69, 9.17) is 16.6 Å². The van der Waals surface area contributed by atoms with E-state index >= 15 is 0 Å². The molecule has 2 aromatic carbocycles. The van der Waals surface area contributed by atoms with Gasteiger partial charge >= 0.3 is 0 Å². The predicted octanol–water partition coefficient (Wildman–Crippen LogP) is 4.81. The van der Waals surface area contributed by atoms with Gasteiger partial charge in [0.15, 0.2) is 11.6 Å². The maximum atomic E-state index is 12.7. The van der Waals surface area contributed by atoms with Crippen molar-refractivity contribution >= 4 is 34.2 Å². The van der Waals surface area contributed by atoms with Crippen molar-refractivity contribution in [3.63, 3.8) is 0 Å². The molecular weight excluding hydrogens is 386 g/mol. The monoisotopic (exact) mass is 401 g/mol. The lowest BCUT2D eigenvalue weighted by Crippen LogP contribution is -2.16. The molecule has 0 saturated carbocycles. The molecule has 0 fully saturated rings. The molecule has 6 nitrogen and oxygen atoms in total. The fraction of sp³-hybridized carbons (Fsp3) is 0.0909. The number of aryl methyl sites for hydroxylation is 2. The molecule has 7 heteroatoms. The number of nitrogens with one attached hydrogen (secondary N) is 1. The van der Waals surface area contributed by atoms with Gasteiger partial charge in [-0.15, -0.1) is 0 Å². The Morgan fingerprint density at radius 1 is 1.14 bits per heavy atom. The summed E-state index contributed by atoms with van der Waals surface area (Å²) in [6.07, 6.45) is 1.41. The van der Waals surface area contributed by atoms with Crippen molar-refractivity contribution in [2.24, 2.45) is 0 Å². The van der Waals surface area contributed by atoms with Crippen LogP contribution in [0.5, 0.6) is 0 Å². The van der Waals surface area contributed by atoms with Gasteiger partial charge in [0.05, 0.1) is 11.7 Å². The third-order valence-corrected chi connectivity index (χ3v) is 4.90. The second-order valence-corrected chi connectivity index (χ2v) is 7.10. The summed E-state index contributed by atoms with van der Waals surface area (Å²) in [6.45, 7) is 3.98. The number of fused-ring (bicyclic) bond motifs is 1. The van der Waals surface area contributed by atoms with Crippen molar-refractivity contribution in [3.05, 3.63) is 82.0 Å². The smallest absolute Gasteiger partial charge is 0.256 e. The van der Waals surface area contributed by atoms with Gasteiger partial charge in [-0.2, -0.15) is 15.0 Å². The highest BCUT2D eigenvalue weighted by atomic mass is 35.5. The largest absolute Gasteiger partial charge is 0.305 e. The zero-order valence-corrected chi connectivity index (χ0v) is 16.5. The number of aromatic nitrogens is 3. The van der Waals surface area contributed by atoms with Crippen LogP contribution in [0.25, 0.3) is 16.7 Å². The molecule has 0 spiro atoms. The summed E-state index contributed by atoms with van der Waals surface area (Å²) in [5, 5.41) is 18.0. The molecule has 4 aromatic rings. The molecule has 0 atom stereocenters. The number of anilines is 1. The summed E-state index contributed by atoms with van der Waals surface area (Å²) in [7, 11) is 0. The lowest BCUT2D eigenvalue weighted by atomic mass is 10.1. The number of hydrogen-bond donors (Lipinski definition) is 1. The van der Waals surface area contributed by atoms with Gasteiger partial charge in [-0.05, 0) is 49.2 Å². The number of carbonyl (C=O) groups is 1. The molecule has 0 unspecified atom stereocenters. The minimum atomic E-state index is -0.389. The lowest BCUT2D eigenvalue weighted by molar-refractivity contribution is 0.102. The number of carbonyl (C=O) groups excluding carboxylic acids is 1. The Hall–Kier alpha value is -3.69. The van der Waals surface area contributed by atoms with Crippen molar-refractivity contribution in [2.45, 2.75) is 13.8 Å². The lowest BCUT2D eigenvalue weighted by Gasteiger charge is -2.12. The number of benzene rings is 2. The number of pyridine rings is 1. The van der Waals surface area contributed by atoms with Crippen LogP contribution in [0.15, 0.2) is 54.7 Å². The van der Waals surface area contributed by atoms with Crippen molar-refractivity contribution in [1.82, 2.24) is 14.8 Å². The van der Waals surface area contributed by atoms with Crippen LogP contribution in [-0.4, -0.2) is 20.7 Å². The van der Waals surface area contributed by atoms with E-state index in [1.54, 1.807) is 24.3 Å². The first-order chi connectivity index (χ1) is 14.0. The second-order valence-electron chi connectivity index (χ2n) is 6.66. The quantitative estimate of drug-likeness (QED) is 0.533. The van der Waals surface area contributed by atoms with Gasteiger partial charge in [-0.3, -0.25) is 4.79 Å². The van der Waals surface area contributed by atoms with Crippen LogP contribution >= 0.6 is 11.6 Å². The highest BCUT2D eigenvalue weighted by Gasteiger charge is 2.18. The van der Waals surface area contributed by atoms with Crippen LogP contribution in [0.3, 0.4) is 0 Å². The minimum Gasteiger partial charge on any atom is -0.305 e. The number of para-hydroxylation sites is 1. The van der Waals surface area contributed by atoms with Crippen LogP contribution in [0.2, 0.25) is 5.02 Å². The van der Waals surface area contributed by atoms with Gasteiger partial charge in [0.1, 0.15) is 11.6 Å². The molecule has 2 heterocycles. The van der Waals surface area contributed by atoms with E-state index in [1.165, 1.54) is 10.9 Å². The van der Waals surface area contributed by atoms with Gasteiger partial charge in [0, 0.05) is 16.0 Å². The Morgan fingerprint density at radius 2 is 1.93 bits per heavy atom. The zero-order chi connectivity index (χ0) is 20.5. The molecule has 2 aromatic heterocycles. The van der Waals surface area contributed by atoms with Gasteiger partial charge in [0.2, 0.25) is 0 Å². The van der Waals surface area contributed by atoms with Gasteiger partial charge in [-0.1, -0.05) is 35.9 Å². The van der Waals surface area contributed by atoms with Gasteiger partial charge < -0.3 is 5.32 Å². The second kappa shape index (κ2) is 7.38. The minimum absolute atomic E-state index is 0.240. The van der Waals surface area contributed by atoms with E-state index < -0.39 is 0 Å². The summed E-state index contributed by atoms with van der Waals surface area (Å²) >= 11 is 5.98. The average Bonchev–Trinajstić information content (AvgIpc) is 3.11. The molecular formula is C22H16ClN5O. The fourth-order valence-electron chi connectivity index (χ4n) is 3.19. The summed E-state index contributed by atoms with van der Waals surface area (Å²) in [6, 6.07) is 16.5. The van der Waals surface area contributed by atoms with Crippen LogP contribution in [-0.2, 0) is 0 Å². The van der Waals surface area contributed by atoms with Crippen LogP contribution in [0.4, 0.5) is 5.82 Å². The highest BCUT2D eigenvalue weighted by Crippen LogP contribution is 2.25. The maximum absolute atomic E-state index is 12.7. The highest BCUT2D eigenvalue weighted by molar-refractivity contribution is 6.31. The molecule has 0 bridgehead atoms. The number of hydrogen-bond acceptors (Lipinski definition) is 4. The first kappa shape index (κ1) is 18.7. The molecule has 1 amide bonds. The third kappa shape index (κ3) is 3.44. The number of halogens is 1. The Bertz CT molecular complexity index is 1300. The molecule has 0 radical (unpaired) electrons. The van der Waals surface area contributed by atoms with Crippen LogP contribution < -0.4 is 5.32 Å². The average molecular weight is 402 g/mol. The number of amides is 1. The van der Waals surface area contributed by atoms with E-state index in [2.05, 4.69) is 16.5 Å². The maximum Gasteiger partial charge on any atom is 0.256 e. The SMILES string of the molecule is Cc1cc(-n2ncc(C#N)c2NC(=O)c2cccc(Cl)c2)nc2c(C)cccc12. The van der Waals surface area contributed by atoms with Crippen LogP contribution in [0.1, 0.15) is 27.0 Å². The molecule has 0 aliphatic carbocycles. The molecule has 0 aliphatic heterocycles. The number of rotatable bonds is 3.